The van der Waals surface area contributed by atoms with Crippen LogP contribution in [-0.2, 0) is 4.79 Å². The van der Waals surface area contributed by atoms with Crippen molar-refractivity contribution in [2.75, 3.05) is 6.26 Å². The molecule has 0 N–H and O–H groups in total. The lowest BCUT2D eigenvalue weighted by Gasteiger charge is -1.90. The number of hydrogen-bond acceptors (Lipinski definition) is 2. The van der Waals surface area contributed by atoms with E-state index in [1.165, 1.54) is 18.7 Å². The molecule has 0 aliphatic carbocycles. The molecule has 2 heteroatoms. The van der Waals surface area contributed by atoms with Gasteiger partial charge in [0.15, 0.2) is 5.78 Å². The van der Waals surface area contributed by atoms with Crippen LogP contribution in [0.3, 0.4) is 0 Å². The molecule has 0 aliphatic heterocycles. The summed E-state index contributed by atoms with van der Waals surface area (Å²) in [5.74, 6) is 0.0688. The van der Waals surface area contributed by atoms with Gasteiger partial charge in [0.2, 0.25) is 0 Å². The van der Waals surface area contributed by atoms with E-state index in [0.29, 0.717) is 5.57 Å². The molecule has 0 aromatic rings. The summed E-state index contributed by atoms with van der Waals surface area (Å²) in [4.78, 5) is 10.6. The van der Waals surface area contributed by atoms with Crippen molar-refractivity contribution in [1.29, 1.82) is 0 Å². The van der Waals surface area contributed by atoms with Crippen LogP contribution in [0, 0.1) is 0 Å². The Balaban J connectivity index is 4.14. The maximum Gasteiger partial charge on any atom is 0.160 e. The Hall–Kier alpha value is -0.500. The smallest absolute Gasteiger partial charge is 0.160 e. The number of thioether (sulfide) groups is 1. The summed E-state index contributed by atoms with van der Waals surface area (Å²) in [7, 11) is 0. The molecule has 0 rings (SSSR count). The Bertz CT molecular complexity index is 147. The van der Waals surface area contributed by atoms with Crippen LogP contribution in [0.5, 0.6) is 0 Å². The number of allylic oxidation sites excluding steroid dienone is 2. The molecular weight excluding hydrogens is 132 g/mol. The van der Waals surface area contributed by atoms with Crippen LogP contribution in [0.2, 0.25) is 0 Å². The summed E-state index contributed by atoms with van der Waals surface area (Å²) in [5, 5.41) is 1.79. The van der Waals surface area contributed by atoms with Crippen molar-refractivity contribution in [3.05, 3.63) is 23.6 Å². The monoisotopic (exact) mass is 142 g/mol. The molecule has 0 atom stereocenters. The summed E-state index contributed by atoms with van der Waals surface area (Å²) in [6.45, 7) is 5.03. The second-order valence-electron chi connectivity index (χ2n) is 1.57. The van der Waals surface area contributed by atoms with Crippen LogP contribution in [0.4, 0.5) is 0 Å². The lowest BCUT2D eigenvalue weighted by Crippen LogP contribution is -1.90. The van der Waals surface area contributed by atoms with Crippen molar-refractivity contribution in [2.24, 2.45) is 0 Å². The Kier molecular flexibility index (Phi) is 4.14. The summed E-state index contributed by atoms with van der Waals surface area (Å²) in [6.07, 6.45) is 3.48. The highest BCUT2D eigenvalue weighted by Gasteiger charge is 1.94. The summed E-state index contributed by atoms with van der Waals surface area (Å²) >= 11 is 1.51. The Morgan fingerprint density at radius 1 is 1.67 bits per heavy atom. The van der Waals surface area contributed by atoms with Crippen molar-refractivity contribution >= 4 is 17.5 Å². The maximum absolute atomic E-state index is 10.6. The first-order valence-corrected chi connectivity index (χ1v) is 3.87. The topological polar surface area (TPSA) is 17.1 Å². The third-order valence-corrected chi connectivity index (χ3v) is 1.36. The Labute approximate surface area is 59.8 Å². The predicted molar refractivity (Wildman–Crippen MR) is 42.5 cm³/mol. The number of ketones is 1. The molecule has 0 bridgehead atoms. The molecule has 0 fully saturated rings. The van der Waals surface area contributed by atoms with Gasteiger partial charge < -0.3 is 0 Å². The zero-order valence-electron chi connectivity index (χ0n) is 5.68. The Morgan fingerprint density at radius 3 is 2.33 bits per heavy atom. The molecule has 50 valence electrons. The SMILES string of the molecule is C=C/C(=C/SC)C(C)=O. The van der Waals surface area contributed by atoms with E-state index in [9.17, 15) is 4.79 Å². The van der Waals surface area contributed by atoms with Gasteiger partial charge in [-0.1, -0.05) is 12.7 Å². The predicted octanol–water partition coefficient (Wildman–Crippen LogP) is 2.01. The van der Waals surface area contributed by atoms with Crippen molar-refractivity contribution in [3.63, 3.8) is 0 Å². The van der Waals surface area contributed by atoms with E-state index in [-0.39, 0.29) is 5.78 Å². The summed E-state index contributed by atoms with van der Waals surface area (Å²) in [5.41, 5.74) is 0.683. The quantitative estimate of drug-likeness (QED) is 0.443. The standard InChI is InChI=1S/C7H10OS/c1-4-7(5-9-3)6(2)8/h4-5H,1H2,2-3H3/b7-5-. The van der Waals surface area contributed by atoms with E-state index in [2.05, 4.69) is 6.58 Å². The van der Waals surface area contributed by atoms with E-state index in [1.807, 2.05) is 6.26 Å². The van der Waals surface area contributed by atoms with E-state index in [0.717, 1.165) is 0 Å². The highest BCUT2D eigenvalue weighted by atomic mass is 32.2. The van der Waals surface area contributed by atoms with Gasteiger partial charge in [-0.15, -0.1) is 11.8 Å². The molecule has 0 saturated carbocycles. The van der Waals surface area contributed by atoms with Gasteiger partial charge in [0.25, 0.3) is 0 Å². The van der Waals surface area contributed by atoms with E-state index in [4.69, 9.17) is 0 Å². The maximum atomic E-state index is 10.6. The molecule has 0 aromatic heterocycles. The zero-order valence-corrected chi connectivity index (χ0v) is 6.49. The van der Waals surface area contributed by atoms with Crippen LogP contribution in [-0.4, -0.2) is 12.0 Å². The highest BCUT2D eigenvalue weighted by molar-refractivity contribution is 8.01. The van der Waals surface area contributed by atoms with Crippen LogP contribution >= 0.6 is 11.8 Å². The first-order valence-electron chi connectivity index (χ1n) is 2.58. The third kappa shape index (κ3) is 3.14. The molecule has 0 aliphatic rings. The fourth-order valence-electron chi connectivity index (χ4n) is 0.402. The van der Waals surface area contributed by atoms with Crippen LogP contribution in [0.25, 0.3) is 0 Å². The molecule has 1 nitrogen and oxygen atoms in total. The molecule has 0 heterocycles. The minimum Gasteiger partial charge on any atom is -0.294 e. The highest BCUT2D eigenvalue weighted by Crippen LogP contribution is 2.04. The van der Waals surface area contributed by atoms with Gasteiger partial charge in [-0.25, -0.2) is 0 Å². The van der Waals surface area contributed by atoms with E-state index in [1.54, 1.807) is 11.5 Å². The second-order valence-corrected chi connectivity index (χ2v) is 2.28. The molecule has 0 saturated heterocycles. The normalized spacial score (nSPS) is 11.1. The molecular formula is C7H10OS. The third-order valence-electron chi connectivity index (χ3n) is 0.871. The number of carbonyl (C=O) groups is 1. The van der Waals surface area contributed by atoms with Crippen LogP contribution in [0.15, 0.2) is 23.6 Å². The van der Waals surface area contributed by atoms with Crippen molar-refractivity contribution < 1.29 is 4.79 Å². The second kappa shape index (κ2) is 4.39. The lowest BCUT2D eigenvalue weighted by atomic mass is 10.2. The summed E-state index contributed by atoms with van der Waals surface area (Å²) < 4.78 is 0. The number of rotatable bonds is 3. The summed E-state index contributed by atoms with van der Waals surface area (Å²) in [6, 6.07) is 0. The van der Waals surface area contributed by atoms with E-state index >= 15 is 0 Å². The minimum absolute atomic E-state index is 0.0688. The van der Waals surface area contributed by atoms with E-state index < -0.39 is 0 Å². The molecule has 0 spiro atoms. The first-order chi connectivity index (χ1) is 4.22. The zero-order chi connectivity index (χ0) is 7.28. The molecule has 0 unspecified atom stereocenters. The molecule has 0 amide bonds. The Morgan fingerprint density at radius 2 is 2.22 bits per heavy atom. The first kappa shape index (κ1) is 8.50. The fourth-order valence-corrected chi connectivity index (χ4v) is 0.918. The number of carbonyl (C=O) groups excluding carboxylic acids is 1. The molecule has 0 aromatic carbocycles. The number of hydrogen-bond donors (Lipinski definition) is 0. The van der Waals surface area contributed by atoms with Crippen molar-refractivity contribution in [1.82, 2.24) is 0 Å². The van der Waals surface area contributed by atoms with Crippen molar-refractivity contribution in [2.45, 2.75) is 6.92 Å². The minimum atomic E-state index is 0.0688. The van der Waals surface area contributed by atoms with Gasteiger partial charge in [0.1, 0.15) is 0 Å². The average Bonchev–Trinajstić information content (AvgIpc) is 1.82. The number of Topliss-reactive ketones (excluding diaryl/α,β-unsaturated/α-hetero) is 1. The molecule has 9 heavy (non-hydrogen) atoms. The lowest BCUT2D eigenvalue weighted by molar-refractivity contribution is -0.113. The van der Waals surface area contributed by atoms with Gasteiger partial charge in [-0.05, 0) is 18.6 Å². The van der Waals surface area contributed by atoms with Gasteiger partial charge >= 0.3 is 0 Å². The van der Waals surface area contributed by atoms with Gasteiger partial charge in [0, 0.05) is 5.57 Å². The van der Waals surface area contributed by atoms with Crippen molar-refractivity contribution in [3.8, 4) is 0 Å². The van der Waals surface area contributed by atoms with Crippen LogP contribution in [0.1, 0.15) is 6.92 Å². The van der Waals surface area contributed by atoms with Gasteiger partial charge in [-0.2, -0.15) is 0 Å². The van der Waals surface area contributed by atoms with Gasteiger partial charge in [-0.3, -0.25) is 4.79 Å². The van der Waals surface area contributed by atoms with Gasteiger partial charge in [0.05, 0.1) is 0 Å². The molecule has 0 radical (unpaired) electrons. The largest absolute Gasteiger partial charge is 0.294 e. The fraction of sp³-hybridized carbons (Fsp3) is 0.286. The van der Waals surface area contributed by atoms with Crippen LogP contribution < -0.4 is 0 Å². The average molecular weight is 142 g/mol.